The SMILES string of the molecule is CCOC(=O)c1c(N2CCN(C(=O)c3ccc(OC)cc3)CC2)c2cc(C)ccc2n(Cc2ccccc2)c1=O.CCOC(=O)c1c(N2CCN(C(=O)c3ccco3)CC2)c2cc(Cl)ccc2n(Cc2ccccc2)c1=O.CCOC(=O)c1c(N2CCN(C(=O)c3cccs3)CC2)c2cc(Cl)ccc2n(Cc2ccccc2)c1=O. The minimum absolute atomic E-state index is 0.00792. The minimum atomic E-state index is -0.680. The van der Waals surface area contributed by atoms with Crippen molar-refractivity contribution in [2.24, 2.45) is 0 Å². The maximum atomic E-state index is 14.0. The Bertz CT molecular complexity index is 5450. The van der Waals surface area contributed by atoms with E-state index >= 15 is 0 Å². The second kappa shape index (κ2) is 36.5. The molecule has 114 heavy (non-hydrogen) atoms. The zero-order valence-electron chi connectivity index (χ0n) is 63.8. The average Bonchev–Trinajstić information content (AvgIpc) is 0.754. The number of amides is 3. The monoisotopic (exact) mass is 1590 g/mol. The molecule has 0 aliphatic carbocycles. The number of thiophene rings is 1. The van der Waals surface area contributed by atoms with E-state index in [1.165, 1.54) is 17.6 Å². The van der Waals surface area contributed by atoms with Crippen molar-refractivity contribution in [2.75, 3.05) is 120 Å². The third-order valence-corrected chi connectivity index (χ3v) is 21.6. The molecule has 0 radical (unpaired) electrons. The van der Waals surface area contributed by atoms with Crippen LogP contribution in [0.25, 0.3) is 32.7 Å². The Morgan fingerprint density at radius 1 is 0.412 bits per heavy atom. The molecule has 0 spiro atoms. The zero-order chi connectivity index (χ0) is 80.1. The normalized spacial score (nSPS) is 13.6. The summed E-state index contributed by atoms with van der Waals surface area (Å²) >= 11 is 14.3. The van der Waals surface area contributed by atoms with Crippen molar-refractivity contribution in [2.45, 2.75) is 47.3 Å². The summed E-state index contributed by atoms with van der Waals surface area (Å²) in [5.74, 6) is -1.27. The van der Waals surface area contributed by atoms with Crippen LogP contribution in [0.5, 0.6) is 5.75 Å². The molecule has 8 heterocycles. The third-order valence-electron chi connectivity index (χ3n) is 20.2. The Morgan fingerprint density at radius 2 is 0.789 bits per heavy atom. The molecule has 3 amide bonds. The molecule has 0 saturated carbocycles. The number of furan rings is 1. The van der Waals surface area contributed by atoms with Gasteiger partial charge in [-0.05, 0) is 141 Å². The maximum Gasteiger partial charge on any atom is 0.345 e. The predicted octanol–water partition coefficient (Wildman–Crippen LogP) is 13.8. The lowest BCUT2D eigenvalue weighted by atomic mass is 10.0. The topological polar surface area (TPSA) is 238 Å². The van der Waals surface area contributed by atoms with Crippen molar-refractivity contribution in [1.29, 1.82) is 0 Å². The van der Waals surface area contributed by atoms with Crippen LogP contribution < -0.4 is 36.1 Å². The molecule has 0 atom stereocenters. The molecular weight excluding hydrogens is 1510 g/mol. The predicted molar refractivity (Wildman–Crippen MR) is 444 cm³/mol. The summed E-state index contributed by atoms with van der Waals surface area (Å²) < 4.78 is 31.4. The molecule has 0 unspecified atom stereocenters. The number of carbonyl (C=O) groups excluding carboxylic acids is 6. The quantitative estimate of drug-likeness (QED) is 0.0540. The van der Waals surface area contributed by atoms with Crippen molar-refractivity contribution < 1.29 is 52.1 Å². The number of hydrogen-bond acceptors (Lipinski definition) is 18. The largest absolute Gasteiger partial charge is 0.497 e. The van der Waals surface area contributed by atoms with Crippen LogP contribution in [0, 0.1) is 6.92 Å². The van der Waals surface area contributed by atoms with E-state index in [-0.39, 0.29) is 72.1 Å². The van der Waals surface area contributed by atoms with E-state index in [1.807, 2.05) is 154 Å². The molecule has 0 bridgehead atoms. The van der Waals surface area contributed by atoms with Gasteiger partial charge in [-0.25, -0.2) is 14.4 Å². The summed E-state index contributed by atoms with van der Waals surface area (Å²) in [6, 6.07) is 59.6. The fourth-order valence-corrected chi connectivity index (χ4v) is 15.8. The standard InChI is InChI=1S/C32H33N3O5.C28H26ClN3O5.C28H26ClN3O4S/c1-4-40-32(38)28-29(33-16-18-34(19-17-33)30(36)24-11-13-25(39-3)14-12-24)26-20-22(2)10-15-27(26)35(31(28)37)21-23-8-6-5-7-9-23;2*1-2-36-28(35)24-25(30-12-14-31(15-13-30)26(33)23-9-6-16-37-23)21-17-20(29)10-11-22(21)32(27(24)34)18-19-7-4-3-5-8-19/h5-15,20H,4,16-19,21H2,1-3H3;2*3-11,16-17H,2,12-15,18H2,1H3. The second-order valence-electron chi connectivity index (χ2n) is 27.3. The van der Waals surface area contributed by atoms with Gasteiger partial charge in [0, 0.05) is 110 Å². The number of benzene rings is 7. The molecule has 26 heteroatoms. The highest BCUT2D eigenvalue weighted by Gasteiger charge is 2.35. The van der Waals surface area contributed by atoms with Gasteiger partial charge in [-0.3, -0.25) is 28.8 Å². The van der Waals surface area contributed by atoms with E-state index in [4.69, 9.17) is 46.6 Å². The number of pyridine rings is 3. The smallest absolute Gasteiger partial charge is 0.345 e. The summed E-state index contributed by atoms with van der Waals surface area (Å²) in [5, 5.41) is 5.06. The van der Waals surface area contributed by atoms with Crippen LogP contribution in [0.15, 0.2) is 225 Å². The summed E-state index contributed by atoms with van der Waals surface area (Å²) in [6.07, 6.45) is 1.47. The van der Waals surface area contributed by atoms with Crippen molar-refractivity contribution in [3.05, 3.63) is 302 Å². The number of esters is 3. The number of hydrogen-bond donors (Lipinski definition) is 0. The zero-order valence-corrected chi connectivity index (χ0v) is 66.1. The highest BCUT2D eigenvalue weighted by Crippen LogP contribution is 2.37. The summed E-state index contributed by atoms with van der Waals surface area (Å²) in [6.45, 7) is 13.8. The van der Waals surface area contributed by atoms with Crippen LogP contribution >= 0.6 is 34.5 Å². The number of halogens is 2. The van der Waals surface area contributed by atoms with Crippen LogP contribution in [0.2, 0.25) is 10.0 Å². The number of nitrogens with zero attached hydrogens (tertiary/aromatic N) is 9. The van der Waals surface area contributed by atoms with E-state index in [1.54, 1.807) is 123 Å². The highest BCUT2D eigenvalue weighted by atomic mass is 35.5. The van der Waals surface area contributed by atoms with Crippen molar-refractivity contribution >= 4 is 120 Å². The first-order chi connectivity index (χ1) is 55.4. The number of fused-ring (bicyclic) bond motifs is 3. The molecular formula is C88H85Cl2N9O14S. The second-order valence-corrected chi connectivity index (χ2v) is 29.1. The van der Waals surface area contributed by atoms with Gasteiger partial charge in [0.25, 0.3) is 34.4 Å². The number of methoxy groups -OCH3 is 1. The molecule has 0 N–H and O–H groups in total. The number of carbonyl (C=O) groups is 6. The number of rotatable bonds is 19. The lowest BCUT2D eigenvalue weighted by Crippen LogP contribution is -2.49. The Hall–Kier alpha value is -12.3. The van der Waals surface area contributed by atoms with Crippen LogP contribution in [0.1, 0.15) is 105 Å². The Kier molecular flexibility index (Phi) is 25.5. The Balaban J connectivity index is 0.000000149. The highest BCUT2D eigenvalue weighted by molar-refractivity contribution is 7.12. The van der Waals surface area contributed by atoms with Gasteiger partial charge >= 0.3 is 17.9 Å². The van der Waals surface area contributed by atoms with Crippen LogP contribution in [0.3, 0.4) is 0 Å². The Labute approximate surface area is 671 Å². The van der Waals surface area contributed by atoms with E-state index in [0.29, 0.717) is 157 Å². The van der Waals surface area contributed by atoms with Gasteiger partial charge in [0.1, 0.15) is 22.4 Å². The fraction of sp³-hybridized carbons (Fsp3) is 0.261. The molecule has 23 nitrogen and oxygen atoms in total. The number of aryl methyl sites for hydroxylation is 1. The third kappa shape index (κ3) is 17.5. The molecule has 586 valence electrons. The van der Waals surface area contributed by atoms with Gasteiger partial charge in [-0.15, -0.1) is 11.3 Å². The summed E-state index contributed by atoms with van der Waals surface area (Å²) in [4.78, 5) is 132. The molecule has 12 aromatic rings. The van der Waals surface area contributed by atoms with Gasteiger partial charge in [-0.2, -0.15) is 0 Å². The first-order valence-corrected chi connectivity index (χ1v) is 39.4. The number of anilines is 3. The minimum Gasteiger partial charge on any atom is -0.497 e. The maximum absolute atomic E-state index is 14.0. The Morgan fingerprint density at radius 3 is 1.15 bits per heavy atom. The molecule has 7 aromatic carbocycles. The van der Waals surface area contributed by atoms with E-state index < -0.39 is 29.0 Å². The van der Waals surface area contributed by atoms with Gasteiger partial charge in [0.15, 0.2) is 5.76 Å². The van der Waals surface area contributed by atoms with Gasteiger partial charge in [0.05, 0.1) is 91.3 Å². The van der Waals surface area contributed by atoms with E-state index in [2.05, 4.69) is 0 Å². The van der Waals surface area contributed by atoms with E-state index in [0.717, 1.165) is 33.2 Å². The summed E-state index contributed by atoms with van der Waals surface area (Å²) in [5.41, 5.74) is 6.84. The number of ether oxygens (including phenoxy) is 4. The average molecular weight is 1600 g/mol. The first-order valence-electron chi connectivity index (χ1n) is 37.7. The molecule has 15 rings (SSSR count). The van der Waals surface area contributed by atoms with Gasteiger partial charge in [-0.1, -0.05) is 132 Å². The summed E-state index contributed by atoms with van der Waals surface area (Å²) in [7, 11) is 1.59. The van der Waals surface area contributed by atoms with Crippen LogP contribution in [-0.4, -0.2) is 169 Å². The van der Waals surface area contributed by atoms with E-state index in [9.17, 15) is 43.2 Å². The van der Waals surface area contributed by atoms with Crippen molar-refractivity contribution in [3.63, 3.8) is 0 Å². The van der Waals surface area contributed by atoms with Crippen LogP contribution in [0.4, 0.5) is 17.1 Å². The molecule has 3 aliphatic rings. The van der Waals surface area contributed by atoms with Crippen LogP contribution in [-0.2, 0) is 33.8 Å². The fourth-order valence-electron chi connectivity index (χ4n) is 14.7. The molecule has 5 aromatic heterocycles. The first kappa shape index (κ1) is 79.8. The molecule has 3 aliphatic heterocycles. The molecule has 3 fully saturated rings. The van der Waals surface area contributed by atoms with Crippen molar-refractivity contribution in [1.82, 2.24) is 28.4 Å². The lowest BCUT2D eigenvalue weighted by Gasteiger charge is -2.37. The van der Waals surface area contributed by atoms with Gasteiger partial charge in [0.2, 0.25) is 0 Å². The van der Waals surface area contributed by atoms with Crippen molar-refractivity contribution in [3.8, 4) is 5.75 Å². The number of aromatic nitrogens is 3. The molecule has 3 saturated heterocycles. The number of piperazine rings is 3. The lowest BCUT2D eigenvalue weighted by molar-refractivity contribution is 0.0514. The van der Waals surface area contributed by atoms with Gasteiger partial charge < -0.3 is 66.5 Å².